The van der Waals surface area contributed by atoms with E-state index in [0.29, 0.717) is 5.41 Å². The summed E-state index contributed by atoms with van der Waals surface area (Å²) in [4.78, 5) is 5.44. The van der Waals surface area contributed by atoms with Crippen molar-refractivity contribution >= 4 is 0 Å². The molecule has 0 radical (unpaired) electrons. The van der Waals surface area contributed by atoms with E-state index in [1.807, 2.05) is 0 Å². The Kier molecular flexibility index (Phi) is 4.68. The quantitative estimate of drug-likeness (QED) is 0.851. The maximum Gasteiger partial charge on any atom is 0.0145 e. The van der Waals surface area contributed by atoms with Gasteiger partial charge in [0.05, 0.1) is 0 Å². The maximum atomic E-state index is 3.62. The molecule has 0 amide bonds. The highest BCUT2D eigenvalue weighted by atomic mass is 15.2. The molecular weight excluding hydrogens is 246 g/mol. The van der Waals surface area contributed by atoms with Gasteiger partial charge >= 0.3 is 0 Å². The fraction of sp³-hybridized carbons (Fsp3) is 1.00. The molecule has 3 aliphatic rings. The molecule has 0 spiro atoms. The number of nitrogens with one attached hydrogen (secondary N) is 1. The Labute approximate surface area is 125 Å². The summed E-state index contributed by atoms with van der Waals surface area (Å²) in [5.41, 5.74) is 0.585. The predicted molar refractivity (Wildman–Crippen MR) is 85.0 cm³/mol. The minimum Gasteiger partial charge on any atom is -0.316 e. The van der Waals surface area contributed by atoms with Gasteiger partial charge < -0.3 is 15.1 Å². The lowest BCUT2D eigenvalue weighted by Crippen LogP contribution is -2.54. The largest absolute Gasteiger partial charge is 0.316 e. The molecule has 1 N–H and O–H groups in total. The topological polar surface area (TPSA) is 18.5 Å². The summed E-state index contributed by atoms with van der Waals surface area (Å²) < 4.78 is 0. The Balaban J connectivity index is 1.58. The number of rotatable bonds is 4. The van der Waals surface area contributed by atoms with Crippen LogP contribution in [0.4, 0.5) is 0 Å². The zero-order chi connectivity index (χ0) is 14.0. The van der Waals surface area contributed by atoms with E-state index in [1.54, 1.807) is 0 Å². The van der Waals surface area contributed by atoms with Gasteiger partial charge in [-0.1, -0.05) is 13.3 Å². The van der Waals surface area contributed by atoms with Crippen molar-refractivity contribution in [3.05, 3.63) is 0 Å². The SMILES string of the molecule is CCCC1(CN2CCC3C(CCCN3C)C2)CCNC1. The predicted octanol–water partition coefficient (Wildman–Crippen LogP) is 2.18. The van der Waals surface area contributed by atoms with E-state index >= 15 is 0 Å². The van der Waals surface area contributed by atoms with Gasteiger partial charge in [0.25, 0.3) is 0 Å². The zero-order valence-electron chi connectivity index (χ0n) is 13.5. The summed E-state index contributed by atoms with van der Waals surface area (Å²) in [5, 5.41) is 3.62. The van der Waals surface area contributed by atoms with Gasteiger partial charge in [0.1, 0.15) is 0 Å². The second-order valence-corrected chi connectivity index (χ2v) is 7.65. The molecule has 0 aliphatic carbocycles. The van der Waals surface area contributed by atoms with Crippen molar-refractivity contribution in [2.75, 3.05) is 46.3 Å². The molecule has 0 saturated carbocycles. The minimum atomic E-state index is 0.585. The molecule has 3 fully saturated rings. The summed E-state index contributed by atoms with van der Waals surface area (Å²) in [6.45, 7) is 10.2. The van der Waals surface area contributed by atoms with Gasteiger partial charge in [-0.3, -0.25) is 0 Å². The fourth-order valence-electron chi connectivity index (χ4n) is 5.10. The van der Waals surface area contributed by atoms with Crippen LogP contribution in [0.3, 0.4) is 0 Å². The third-order valence-corrected chi connectivity index (χ3v) is 6.10. The Bertz CT molecular complexity index is 311. The van der Waals surface area contributed by atoms with Crippen LogP contribution in [-0.2, 0) is 0 Å². The van der Waals surface area contributed by atoms with Crippen LogP contribution in [0.2, 0.25) is 0 Å². The highest BCUT2D eigenvalue weighted by molar-refractivity contribution is 4.94. The minimum absolute atomic E-state index is 0.585. The Morgan fingerprint density at radius 2 is 2.15 bits per heavy atom. The van der Waals surface area contributed by atoms with E-state index in [9.17, 15) is 0 Å². The Morgan fingerprint density at radius 1 is 1.25 bits per heavy atom. The van der Waals surface area contributed by atoms with E-state index in [2.05, 4.69) is 29.1 Å². The van der Waals surface area contributed by atoms with E-state index in [1.165, 1.54) is 77.8 Å². The average molecular weight is 279 g/mol. The van der Waals surface area contributed by atoms with Crippen LogP contribution in [0.1, 0.15) is 45.4 Å². The Hall–Kier alpha value is -0.120. The smallest absolute Gasteiger partial charge is 0.0145 e. The summed E-state index contributed by atoms with van der Waals surface area (Å²) in [6.07, 6.45) is 8.41. The third-order valence-electron chi connectivity index (χ3n) is 6.10. The van der Waals surface area contributed by atoms with Crippen molar-refractivity contribution in [1.29, 1.82) is 0 Å². The van der Waals surface area contributed by atoms with Crippen molar-refractivity contribution < 1.29 is 0 Å². The number of hydrogen-bond acceptors (Lipinski definition) is 3. The second-order valence-electron chi connectivity index (χ2n) is 7.65. The van der Waals surface area contributed by atoms with Crippen LogP contribution in [0.25, 0.3) is 0 Å². The van der Waals surface area contributed by atoms with Crippen LogP contribution in [0.5, 0.6) is 0 Å². The van der Waals surface area contributed by atoms with Gasteiger partial charge in [-0.15, -0.1) is 0 Å². The molecule has 3 atom stereocenters. The molecule has 3 heterocycles. The van der Waals surface area contributed by atoms with E-state index < -0.39 is 0 Å². The molecule has 0 aromatic rings. The lowest BCUT2D eigenvalue weighted by molar-refractivity contribution is 0.0202. The third kappa shape index (κ3) is 3.05. The lowest BCUT2D eigenvalue weighted by atomic mass is 9.79. The van der Waals surface area contributed by atoms with E-state index in [4.69, 9.17) is 0 Å². The van der Waals surface area contributed by atoms with E-state index in [-0.39, 0.29) is 0 Å². The van der Waals surface area contributed by atoms with Gasteiger partial charge in [0.15, 0.2) is 0 Å². The van der Waals surface area contributed by atoms with Crippen molar-refractivity contribution in [2.24, 2.45) is 11.3 Å². The number of piperidine rings is 2. The van der Waals surface area contributed by atoms with Crippen molar-refractivity contribution in [2.45, 2.75) is 51.5 Å². The first-order valence-corrected chi connectivity index (χ1v) is 8.86. The molecule has 3 saturated heterocycles. The monoisotopic (exact) mass is 279 g/mol. The first kappa shape index (κ1) is 14.8. The van der Waals surface area contributed by atoms with Crippen molar-refractivity contribution in [1.82, 2.24) is 15.1 Å². The van der Waals surface area contributed by atoms with Crippen LogP contribution in [0, 0.1) is 11.3 Å². The van der Waals surface area contributed by atoms with Crippen LogP contribution >= 0.6 is 0 Å². The number of fused-ring (bicyclic) bond motifs is 1. The number of nitrogens with zero attached hydrogens (tertiary/aromatic N) is 2. The molecule has 3 rings (SSSR count). The molecule has 116 valence electrons. The molecule has 3 nitrogen and oxygen atoms in total. The highest BCUT2D eigenvalue weighted by Crippen LogP contribution is 2.35. The normalized spacial score (nSPS) is 39.9. The summed E-state index contributed by atoms with van der Waals surface area (Å²) in [7, 11) is 2.34. The molecule has 3 aliphatic heterocycles. The van der Waals surface area contributed by atoms with Gasteiger partial charge in [-0.2, -0.15) is 0 Å². The molecule has 3 heteroatoms. The first-order chi connectivity index (χ1) is 9.72. The summed E-state index contributed by atoms with van der Waals surface area (Å²) in [6, 6.07) is 0.879. The molecular formula is C17H33N3. The fourth-order valence-corrected chi connectivity index (χ4v) is 5.10. The maximum absolute atomic E-state index is 3.62. The molecule has 20 heavy (non-hydrogen) atoms. The van der Waals surface area contributed by atoms with Crippen LogP contribution < -0.4 is 5.32 Å². The molecule has 0 bridgehead atoms. The summed E-state index contributed by atoms with van der Waals surface area (Å²) >= 11 is 0. The van der Waals surface area contributed by atoms with E-state index in [0.717, 1.165) is 12.0 Å². The zero-order valence-corrected chi connectivity index (χ0v) is 13.5. The molecule has 0 aromatic heterocycles. The number of hydrogen-bond donors (Lipinski definition) is 1. The lowest BCUT2D eigenvalue weighted by Gasteiger charge is -2.47. The molecule has 3 unspecified atom stereocenters. The highest BCUT2D eigenvalue weighted by Gasteiger charge is 2.39. The van der Waals surface area contributed by atoms with Gasteiger partial charge in [0.2, 0.25) is 0 Å². The van der Waals surface area contributed by atoms with Gasteiger partial charge in [0, 0.05) is 25.7 Å². The van der Waals surface area contributed by atoms with Crippen LogP contribution in [0.15, 0.2) is 0 Å². The van der Waals surface area contributed by atoms with Crippen LogP contribution in [-0.4, -0.2) is 62.2 Å². The molecule has 0 aromatic carbocycles. The number of likely N-dealkylation sites (tertiary alicyclic amines) is 2. The average Bonchev–Trinajstić information content (AvgIpc) is 2.88. The second kappa shape index (κ2) is 6.33. The standard InChI is InChI=1S/C17H33N3/c1-3-7-17(8-9-18-13-17)14-20-11-6-16-15(12-20)5-4-10-19(16)2/h15-16,18H,3-14H2,1-2H3. The van der Waals surface area contributed by atoms with Crippen molar-refractivity contribution in [3.8, 4) is 0 Å². The van der Waals surface area contributed by atoms with Gasteiger partial charge in [-0.25, -0.2) is 0 Å². The Morgan fingerprint density at radius 3 is 2.90 bits per heavy atom. The first-order valence-electron chi connectivity index (χ1n) is 8.86. The van der Waals surface area contributed by atoms with Crippen molar-refractivity contribution in [3.63, 3.8) is 0 Å². The summed E-state index contributed by atoms with van der Waals surface area (Å²) in [5.74, 6) is 0.940. The van der Waals surface area contributed by atoms with Gasteiger partial charge in [-0.05, 0) is 70.1 Å².